The fourth-order valence-electron chi connectivity index (χ4n) is 1.12. The van der Waals surface area contributed by atoms with E-state index in [1.54, 1.807) is 11.3 Å². The molecule has 2 N–H and O–H groups in total. The van der Waals surface area contributed by atoms with Gasteiger partial charge in [0, 0.05) is 4.88 Å². The summed E-state index contributed by atoms with van der Waals surface area (Å²) in [5.41, 5.74) is 6.38. The molecule has 2 aromatic rings. The normalized spacial score (nSPS) is 11.1. The highest BCUT2D eigenvalue weighted by molar-refractivity contribution is 7.18. The SMILES string of the molecule is NCCCc1cc2ncoc2s1. The number of rotatable bonds is 3. The molecule has 0 atom stereocenters. The zero-order chi connectivity index (χ0) is 8.39. The van der Waals surface area contributed by atoms with Crippen molar-refractivity contribution < 1.29 is 4.42 Å². The first-order valence-electron chi connectivity index (χ1n) is 3.92. The van der Waals surface area contributed by atoms with Gasteiger partial charge in [0.05, 0.1) is 0 Å². The second kappa shape index (κ2) is 3.25. The van der Waals surface area contributed by atoms with Crippen molar-refractivity contribution in [3.63, 3.8) is 0 Å². The monoisotopic (exact) mass is 182 g/mol. The van der Waals surface area contributed by atoms with Crippen molar-refractivity contribution in [1.82, 2.24) is 4.98 Å². The average Bonchev–Trinajstić information content (AvgIpc) is 2.58. The number of aryl methyl sites for hydroxylation is 1. The van der Waals surface area contributed by atoms with E-state index in [1.807, 2.05) is 0 Å². The third-order valence-electron chi connectivity index (χ3n) is 1.71. The Labute approximate surface area is 74.2 Å². The molecule has 0 aliphatic rings. The molecule has 0 aromatic carbocycles. The van der Waals surface area contributed by atoms with Gasteiger partial charge in [-0.2, -0.15) is 0 Å². The third kappa shape index (κ3) is 1.35. The Balaban J connectivity index is 2.21. The highest BCUT2D eigenvalue weighted by atomic mass is 32.1. The molecule has 0 bridgehead atoms. The quantitative estimate of drug-likeness (QED) is 0.787. The molecule has 0 amide bonds. The fraction of sp³-hybridized carbons (Fsp3) is 0.375. The molecule has 0 saturated carbocycles. The largest absolute Gasteiger partial charge is 0.433 e. The van der Waals surface area contributed by atoms with Crippen molar-refractivity contribution in [2.24, 2.45) is 5.73 Å². The van der Waals surface area contributed by atoms with Gasteiger partial charge in [-0.15, -0.1) is 11.3 Å². The summed E-state index contributed by atoms with van der Waals surface area (Å²) in [7, 11) is 0. The van der Waals surface area contributed by atoms with Crippen LogP contribution in [0.4, 0.5) is 0 Å². The molecule has 0 aliphatic heterocycles. The Hall–Kier alpha value is -0.870. The summed E-state index contributed by atoms with van der Waals surface area (Å²) in [6.45, 7) is 0.743. The molecule has 0 aliphatic carbocycles. The van der Waals surface area contributed by atoms with Gasteiger partial charge in [0.2, 0.25) is 4.90 Å². The maximum absolute atomic E-state index is 5.41. The van der Waals surface area contributed by atoms with Gasteiger partial charge in [-0.1, -0.05) is 0 Å². The van der Waals surface area contributed by atoms with Crippen LogP contribution in [0.2, 0.25) is 0 Å². The highest BCUT2D eigenvalue weighted by Crippen LogP contribution is 2.24. The molecule has 0 radical (unpaired) electrons. The minimum absolute atomic E-state index is 0.743. The summed E-state index contributed by atoms with van der Waals surface area (Å²) in [5.74, 6) is 0. The number of fused-ring (bicyclic) bond motifs is 1. The van der Waals surface area contributed by atoms with Crippen LogP contribution in [0.15, 0.2) is 16.9 Å². The molecule has 2 rings (SSSR count). The van der Waals surface area contributed by atoms with E-state index in [9.17, 15) is 0 Å². The number of oxazole rings is 1. The smallest absolute Gasteiger partial charge is 0.208 e. The topological polar surface area (TPSA) is 52.0 Å². The number of hydrogen-bond donors (Lipinski definition) is 1. The molecule has 3 nitrogen and oxygen atoms in total. The Kier molecular flexibility index (Phi) is 2.10. The van der Waals surface area contributed by atoms with Gasteiger partial charge in [-0.3, -0.25) is 0 Å². The first-order chi connectivity index (χ1) is 5.90. The minimum atomic E-state index is 0.743. The lowest BCUT2D eigenvalue weighted by molar-refractivity contribution is 0.609. The van der Waals surface area contributed by atoms with Gasteiger partial charge in [-0.05, 0) is 25.5 Å². The molecule has 0 fully saturated rings. The Morgan fingerprint density at radius 1 is 1.58 bits per heavy atom. The number of hydrogen-bond acceptors (Lipinski definition) is 4. The van der Waals surface area contributed by atoms with Crippen molar-refractivity contribution in [3.05, 3.63) is 17.3 Å². The van der Waals surface area contributed by atoms with Gasteiger partial charge in [0.25, 0.3) is 0 Å². The van der Waals surface area contributed by atoms with Gasteiger partial charge in [0.15, 0.2) is 6.39 Å². The summed E-state index contributed by atoms with van der Waals surface area (Å²) < 4.78 is 5.15. The molecule has 4 heteroatoms. The predicted octanol–water partition coefficient (Wildman–Crippen LogP) is 1.78. The minimum Gasteiger partial charge on any atom is -0.433 e. The Morgan fingerprint density at radius 2 is 2.50 bits per heavy atom. The summed E-state index contributed by atoms with van der Waals surface area (Å²) >= 11 is 1.66. The molecular weight excluding hydrogens is 172 g/mol. The van der Waals surface area contributed by atoms with Gasteiger partial charge >= 0.3 is 0 Å². The molecule has 2 heterocycles. The predicted molar refractivity (Wildman–Crippen MR) is 49.3 cm³/mol. The van der Waals surface area contributed by atoms with Crippen LogP contribution in [0, 0.1) is 0 Å². The summed E-state index contributed by atoms with van der Waals surface area (Å²) in [5, 5.41) is 0. The van der Waals surface area contributed by atoms with Crippen molar-refractivity contribution >= 4 is 21.8 Å². The van der Waals surface area contributed by atoms with E-state index in [-0.39, 0.29) is 0 Å². The number of aromatic nitrogens is 1. The number of nitrogens with zero attached hydrogens (tertiary/aromatic N) is 1. The van der Waals surface area contributed by atoms with Crippen molar-refractivity contribution in [3.8, 4) is 0 Å². The van der Waals surface area contributed by atoms with E-state index in [0.29, 0.717) is 0 Å². The maximum Gasteiger partial charge on any atom is 0.208 e. The molecule has 0 unspecified atom stereocenters. The van der Waals surface area contributed by atoms with Crippen LogP contribution in [-0.2, 0) is 6.42 Å². The zero-order valence-electron chi connectivity index (χ0n) is 6.62. The number of nitrogens with two attached hydrogens (primary N) is 1. The van der Waals surface area contributed by atoms with E-state index < -0.39 is 0 Å². The lowest BCUT2D eigenvalue weighted by Gasteiger charge is -1.90. The van der Waals surface area contributed by atoms with E-state index in [2.05, 4.69) is 11.1 Å². The van der Waals surface area contributed by atoms with Crippen LogP contribution in [0.25, 0.3) is 10.4 Å². The second-order valence-corrected chi connectivity index (χ2v) is 3.73. The van der Waals surface area contributed by atoms with Crippen LogP contribution in [0.5, 0.6) is 0 Å². The highest BCUT2D eigenvalue weighted by Gasteiger charge is 2.04. The Bertz CT molecular complexity index is 337. The molecule has 2 aromatic heterocycles. The zero-order valence-corrected chi connectivity index (χ0v) is 7.43. The van der Waals surface area contributed by atoms with Crippen molar-refractivity contribution in [2.75, 3.05) is 6.54 Å². The van der Waals surface area contributed by atoms with Crippen LogP contribution in [-0.4, -0.2) is 11.5 Å². The standard InChI is InChI=1S/C8H10N2OS/c9-3-1-2-6-4-7-8(12-6)11-5-10-7/h4-5H,1-3,9H2. The molecule has 12 heavy (non-hydrogen) atoms. The Morgan fingerprint density at radius 3 is 3.25 bits per heavy atom. The van der Waals surface area contributed by atoms with Crippen molar-refractivity contribution in [2.45, 2.75) is 12.8 Å². The van der Waals surface area contributed by atoms with Crippen LogP contribution in [0.3, 0.4) is 0 Å². The fourth-order valence-corrected chi connectivity index (χ4v) is 2.08. The van der Waals surface area contributed by atoms with Crippen LogP contribution < -0.4 is 5.73 Å². The molecular formula is C8H10N2OS. The first-order valence-corrected chi connectivity index (χ1v) is 4.74. The second-order valence-electron chi connectivity index (χ2n) is 2.63. The summed E-state index contributed by atoms with van der Waals surface area (Å²) in [6, 6.07) is 2.07. The summed E-state index contributed by atoms with van der Waals surface area (Å²) in [4.78, 5) is 6.29. The molecule has 0 spiro atoms. The van der Waals surface area contributed by atoms with E-state index in [0.717, 1.165) is 29.8 Å². The lowest BCUT2D eigenvalue weighted by Crippen LogP contribution is -1.99. The van der Waals surface area contributed by atoms with Crippen LogP contribution >= 0.6 is 11.3 Å². The lowest BCUT2D eigenvalue weighted by atomic mass is 10.3. The first kappa shape index (κ1) is 7.76. The third-order valence-corrected chi connectivity index (χ3v) is 2.78. The molecule has 64 valence electrons. The van der Waals surface area contributed by atoms with E-state index >= 15 is 0 Å². The van der Waals surface area contributed by atoms with Gasteiger partial charge in [0.1, 0.15) is 5.52 Å². The van der Waals surface area contributed by atoms with Gasteiger partial charge in [-0.25, -0.2) is 4.98 Å². The van der Waals surface area contributed by atoms with E-state index in [4.69, 9.17) is 10.2 Å². The van der Waals surface area contributed by atoms with E-state index in [1.165, 1.54) is 11.3 Å². The van der Waals surface area contributed by atoms with Gasteiger partial charge < -0.3 is 10.2 Å². The average molecular weight is 182 g/mol. The summed E-state index contributed by atoms with van der Waals surface area (Å²) in [6.07, 6.45) is 3.55. The molecule has 0 saturated heterocycles. The van der Waals surface area contributed by atoms with Crippen molar-refractivity contribution in [1.29, 1.82) is 0 Å². The van der Waals surface area contributed by atoms with Crippen LogP contribution in [0.1, 0.15) is 11.3 Å². The number of thiophene rings is 1. The maximum atomic E-state index is 5.41.